The van der Waals surface area contributed by atoms with Crippen molar-refractivity contribution in [3.05, 3.63) is 65.5 Å². The molecule has 2 aromatic rings. The maximum Gasteiger partial charge on any atom is 0.326 e. The van der Waals surface area contributed by atoms with Gasteiger partial charge in [0.15, 0.2) is 0 Å². The molecule has 2 aromatic carbocycles. The van der Waals surface area contributed by atoms with Gasteiger partial charge in [0.05, 0.1) is 6.61 Å². The fourth-order valence-corrected chi connectivity index (χ4v) is 3.12. The number of carbonyl (C=O) groups is 2. The summed E-state index contributed by atoms with van der Waals surface area (Å²) in [5.74, 6) is -1.18. The third-order valence-electron chi connectivity index (χ3n) is 4.45. The average Bonchev–Trinajstić information content (AvgIpc) is 2.64. The Morgan fingerprint density at radius 3 is 2.65 bits per heavy atom. The molecule has 1 amide bonds. The molecule has 0 aliphatic carbocycles. The van der Waals surface area contributed by atoms with Crippen LogP contribution in [0.1, 0.15) is 24.0 Å². The van der Waals surface area contributed by atoms with E-state index in [-0.39, 0.29) is 24.8 Å². The number of aliphatic carboxylic acids is 1. The van der Waals surface area contributed by atoms with Crippen LogP contribution in [0.5, 0.6) is 5.75 Å². The lowest BCUT2D eigenvalue weighted by atomic mass is 9.93. The Morgan fingerprint density at radius 1 is 1.15 bits per heavy atom. The maximum atomic E-state index is 13.1. The second-order valence-corrected chi connectivity index (χ2v) is 6.26. The monoisotopic (exact) mass is 357 g/mol. The molecule has 3 rings (SSSR count). The summed E-state index contributed by atoms with van der Waals surface area (Å²) in [5, 5.41) is 9.48. The number of amides is 1. The Bertz CT molecular complexity index is 808. The van der Waals surface area contributed by atoms with Crippen molar-refractivity contribution < 1.29 is 23.8 Å². The van der Waals surface area contributed by atoms with Crippen LogP contribution in [-0.4, -0.2) is 34.5 Å². The zero-order valence-corrected chi connectivity index (χ0v) is 14.2. The van der Waals surface area contributed by atoms with Gasteiger partial charge in [0, 0.05) is 25.5 Å². The summed E-state index contributed by atoms with van der Waals surface area (Å²) < 4.78 is 18.5. The van der Waals surface area contributed by atoms with Crippen molar-refractivity contribution in [2.75, 3.05) is 6.61 Å². The van der Waals surface area contributed by atoms with E-state index in [9.17, 15) is 19.1 Å². The highest BCUT2D eigenvalue weighted by atomic mass is 19.1. The highest BCUT2D eigenvalue weighted by molar-refractivity contribution is 5.84. The minimum Gasteiger partial charge on any atom is -0.493 e. The number of carboxylic acid groups (broad SMARTS) is 1. The lowest BCUT2D eigenvalue weighted by Crippen LogP contribution is -2.48. The molecule has 136 valence electrons. The second kappa shape index (κ2) is 7.99. The molecule has 6 heteroatoms. The second-order valence-electron chi connectivity index (χ2n) is 6.26. The maximum absolute atomic E-state index is 13.1. The van der Waals surface area contributed by atoms with E-state index in [1.165, 1.54) is 17.0 Å². The molecule has 1 aliphatic rings. The van der Waals surface area contributed by atoms with E-state index in [1.54, 1.807) is 12.1 Å². The van der Waals surface area contributed by atoms with Crippen LogP contribution in [-0.2, 0) is 22.6 Å². The summed E-state index contributed by atoms with van der Waals surface area (Å²) in [5.41, 5.74) is 1.95. The van der Waals surface area contributed by atoms with Crippen LogP contribution < -0.4 is 4.74 Å². The Kier molecular flexibility index (Phi) is 5.51. The first-order valence-corrected chi connectivity index (χ1v) is 8.52. The number of benzene rings is 2. The number of nitrogens with zero attached hydrogens (tertiary/aromatic N) is 1. The van der Waals surface area contributed by atoms with Crippen LogP contribution in [0.2, 0.25) is 0 Å². The standard InChI is InChI=1S/C20H20FNO4/c21-16-7-3-8-17(12-16)26-10-4-9-19(23)22-13-15-6-2-1-5-14(15)11-18(22)20(24)25/h1-3,5-8,12,18H,4,9-11,13H2,(H,24,25). The van der Waals surface area contributed by atoms with E-state index in [0.29, 0.717) is 25.1 Å². The SMILES string of the molecule is O=C(O)C1Cc2ccccc2CN1C(=O)CCCOc1cccc(F)c1. The molecular formula is C20H20FNO4. The third kappa shape index (κ3) is 4.20. The van der Waals surface area contributed by atoms with Gasteiger partial charge in [-0.1, -0.05) is 30.3 Å². The van der Waals surface area contributed by atoms with Gasteiger partial charge < -0.3 is 14.7 Å². The first-order chi connectivity index (χ1) is 12.5. The molecule has 26 heavy (non-hydrogen) atoms. The van der Waals surface area contributed by atoms with Crippen molar-refractivity contribution >= 4 is 11.9 Å². The summed E-state index contributed by atoms with van der Waals surface area (Å²) in [6, 6.07) is 12.5. The minimum absolute atomic E-state index is 0.182. The first kappa shape index (κ1) is 17.9. The van der Waals surface area contributed by atoms with E-state index in [4.69, 9.17) is 4.74 Å². The molecule has 0 saturated carbocycles. The summed E-state index contributed by atoms with van der Waals surface area (Å²) in [6.07, 6.45) is 0.929. The summed E-state index contributed by atoms with van der Waals surface area (Å²) in [7, 11) is 0. The number of halogens is 1. The summed E-state index contributed by atoms with van der Waals surface area (Å²) >= 11 is 0. The van der Waals surface area contributed by atoms with Crippen LogP contribution in [0.25, 0.3) is 0 Å². The molecule has 0 bridgehead atoms. The van der Waals surface area contributed by atoms with Gasteiger partial charge in [-0.2, -0.15) is 0 Å². The van der Waals surface area contributed by atoms with E-state index in [0.717, 1.165) is 11.1 Å². The lowest BCUT2D eigenvalue weighted by Gasteiger charge is -2.34. The van der Waals surface area contributed by atoms with E-state index in [1.807, 2.05) is 24.3 Å². The van der Waals surface area contributed by atoms with Crippen molar-refractivity contribution in [2.24, 2.45) is 0 Å². The quantitative estimate of drug-likeness (QED) is 0.807. The molecule has 1 unspecified atom stereocenters. The van der Waals surface area contributed by atoms with Crippen molar-refractivity contribution in [2.45, 2.75) is 31.8 Å². The summed E-state index contributed by atoms with van der Waals surface area (Å²) in [6.45, 7) is 0.564. The van der Waals surface area contributed by atoms with Crippen LogP contribution in [0.15, 0.2) is 48.5 Å². The molecule has 0 spiro atoms. The predicted molar refractivity (Wildman–Crippen MR) is 93.2 cm³/mol. The number of hydrogen-bond acceptors (Lipinski definition) is 3. The van der Waals surface area contributed by atoms with E-state index < -0.39 is 12.0 Å². The third-order valence-corrected chi connectivity index (χ3v) is 4.45. The zero-order valence-electron chi connectivity index (χ0n) is 14.2. The Morgan fingerprint density at radius 2 is 1.92 bits per heavy atom. The average molecular weight is 357 g/mol. The van der Waals surface area contributed by atoms with Crippen molar-refractivity contribution in [3.63, 3.8) is 0 Å². The number of carbonyl (C=O) groups excluding carboxylic acids is 1. The van der Waals surface area contributed by atoms with Crippen molar-refractivity contribution in [1.29, 1.82) is 0 Å². The summed E-state index contributed by atoms with van der Waals surface area (Å²) in [4.78, 5) is 25.5. The van der Waals surface area contributed by atoms with Crippen molar-refractivity contribution in [3.8, 4) is 5.75 Å². The van der Waals surface area contributed by atoms with Crippen LogP contribution in [0, 0.1) is 5.82 Å². The van der Waals surface area contributed by atoms with Gasteiger partial charge in [-0.05, 0) is 29.7 Å². The zero-order chi connectivity index (χ0) is 18.5. The molecule has 1 heterocycles. The minimum atomic E-state index is -0.996. The molecule has 0 radical (unpaired) electrons. The largest absolute Gasteiger partial charge is 0.493 e. The van der Waals surface area contributed by atoms with Crippen LogP contribution in [0.3, 0.4) is 0 Å². The lowest BCUT2D eigenvalue weighted by molar-refractivity contribution is -0.151. The smallest absolute Gasteiger partial charge is 0.326 e. The van der Waals surface area contributed by atoms with Gasteiger partial charge in [-0.3, -0.25) is 4.79 Å². The van der Waals surface area contributed by atoms with Crippen LogP contribution >= 0.6 is 0 Å². The molecule has 0 aromatic heterocycles. The predicted octanol–water partition coefficient (Wildman–Crippen LogP) is 3.02. The Hall–Kier alpha value is -2.89. The van der Waals surface area contributed by atoms with Gasteiger partial charge in [-0.15, -0.1) is 0 Å². The number of rotatable bonds is 6. The normalized spacial score (nSPS) is 16.0. The first-order valence-electron chi connectivity index (χ1n) is 8.52. The molecule has 0 saturated heterocycles. The van der Waals surface area contributed by atoms with Gasteiger partial charge in [0.2, 0.25) is 5.91 Å². The number of fused-ring (bicyclic) bond motifs is 1. The topological polar surface area (TPSA) is 66.8 Å². The number of hydrogen-bond donors (Lipinski definition) is 1. The molecule has 1 aliphatic heterocycles. The fourth-order valence-electron chi connectivity index (χ4n) is 3.12. The van der Waals surface area contributed by atoms with Gasteiger partial charge in [-0.25, -0.2) is 9.18 Å². The molecule has 1 atom stereocenters. The number of carboxylic acids is 1. The van der Waals surface area contributed by atoms with Gasteiger partial charge >= 0.3 is 5.97 Å². The Labute approximate surface area is 151 Å². The van der Waals surface area contributed by atoms with E-state index in [2.05, 4.69) is 0 Å². The highest BCUT2D eigenvalue weighted by Gasteiger charge is 2.33. The highest BCUT2D eigenvalue weighted by Crippen LogP contribution is 2.24. The van der Waals surface area contributed by atoms with Gasteiger partial charge in [0.1, 0.15) is 17.6 Å². The van der Waals surface area contributed by atoms with E-state index >= 15 is 0 Å². The van der Waals surface area contributed by atoms with Crippen LogP contribution in [0.4, 0.5) is 4.39 Å². The van der Waals surface area contributed by atoms with Crippen molar-refractivity contribution in [1.82, 2.24) is 4.90 Å². The molecular weight excluding hydrogens is 337 g/mol. The molecule has 1 N–H and O–H groups in total. The number of ether oxygens (including phenoxy) is 1. The fraction of sp³-hybridized carbons (Fsp3) is 0.300. The molecule has 5 nitrogen and oxygen atoms in total. The molecule has 0 fully saturated rings. The van der Waals surface area contributed by atoms with Gasteiger partial charge in [0.25, 0.3) is 0 Å². The Balaban J connectivity index is 1.57.